The number of hydrogen-bond acceptors (Lipinski definition) is 7. The summed E-state index contributed by atoms with van der Waals surface area (Å²) in [5.41, 5.74) is 0.828. The third kappa shape index (κ3) is 6.07. The summed E-state index contributed by atoms with van der Waals surface area (Å²) >= 11 is 2.26. The van der Waals surface area contributed by atoms with Gasteiger partial charge < -0.3 is 15.1 Å². The van der Waals surface area contributed by atoms with Crippen LogP contribution in [0.1, 0.15) is 39.5 Å². The molecule has 1 saturated carbocycles. The lowest BCUT2D eigenvalue weighted by molar-refractivity contribution is -0.132. The van der Waals surface area contributed by atoms with E-state index < -0.39 is 15.9 Å². The first kappa shape index (κ1) is 28.2. The molecule has 1 aromatic heterocycles. The van der Waals surface area contributed by atoms with Crippen molar-refractivity contribution in [1.29, 1.82) is 0 Å². The topological polar surface area (TPSA) is 95.5 Å². The molecule has 4 atom stereocenters. The number of aromatic nitrogens is 2. The van der Waals surface area contributed by atoms with Crippen LogP contribution >= 0.6 is 22.6 Å². The Kier molecular flexibility index (Phi) is 8.44. The van der Waals surface area contributed by atoms with Crippen molar-refractivity contribution in [1.82, 2.24) is 19.8 Å². The van der Waals surface area contributed by atoms with Crippen LogP contribution in [0, 0.1) is 9.49 Å². The van der Waals surface area contributed by atoms with Crippen molar-refractivity contribution in [3.8, 4) is 0 Å². The van der Waals surface area contributed by atoms with Gasteiger partial charge in [0.05, 0.1) is 16.2 Å². The molecule has 0 bridgehead atoms. The van der Waals surface area contributed by atoms with E-state index >= 15 is 0 Å². The van der Waals surface area contributed by atoms with Crippen LogP contribution in [0.3, 0.4) is 0 Å². The van der Waals surface area contributed by atoms with Gasteiger partial charge in [0.25, 0.3) is 0 Å². The van der Waals surface area contributed by atoms with E-state index in [9.17, 15) is 13.2 Å². The average Bonchev–Trinajstić information content (AvgIpc) is 3.28. The number of benzene rings is 2. The van der Waals surface area contributed by atoms with Crippen LogP contribution in [-0.2, 0) is 14.6 Å². The number of nitrogens with zero attached hydrogens (tertiary/aromatic N) is 4. The second kappa shape index (κ2) is 11.7. The van der Waals surface area contributed by atoms with Gasteiger partial charge in [0.15, 0.2) is 9.84 Å². The van der Waals surface area contributed by atoms with E-state index in [1.54, 1.807) is 24.3 Å². The van der Waals surface area contributed by atoms with Crippen molar-refractivity contribution in [2.24, 2.45) is 5.92 Å². The van der Waals surface area contributed by atoms with Crippen LogP contribution < -0.4 is 5.32 Å². The van der Waals surface area contributed by atoms with Crippen LogP contribution in [0.4, 0.5) is 5.82 Å². The summed E-state index contributed by atoms with van der Waals surface area (Å²) in [6.45, 7) is 4.94. The Balaban J connectivity index is 1.37. The van der Waals surface area contributed by atoms with E-state index in [0.717, 1.165) is 33.7 Å². The first-order chi connectivity index (χ1) is 18.6. The van der Waals surface area contributed by atoms with Crippen LogP contribution in [0.15, 0.2) is 59.8 Å². The molecule has 5 rings (SSSR count). The number of anilines is 1. The zero-order valence-corrected chi connectivity index (χ0v) is 25.6. The molecule has 1 aliphatic heterocycles. The minimum Gasteiger partial charge on any atom is -0.358 e. The van der Waals surface area contributed by atoms with Crippen LogP contribution in [0.5, 0.6) is 0 Å². The highest BCUT2D eigenvalue weighted by Gasteiger charge is 2.44. The number of likely N-dealkylation sites (tertiary alicyclic amines) is 1. The number of carbonyl (C=O) groups excluding carboxylic acids is 1. The smallest absolute Gasteiger partial charge is 0.245 e. The quantitative estimate of drug-likeness (QED) is 0.353. The Morgan fingerprint density at radius 1 is 1.10 bits per heavy atom. The first-order valence-electron chi connectivity index (χ1n) is 13.6. The number of amides is 1. The van der Waals surface area contributed by atoms with Crippen molar-refractivity contribution in [2.75, 3.05) is 24.7 Å². The molecule has 2 fully saturated rings. The summed E-state index contributed by atoms with van der Waals surface area (Å²) in [6, 6.07) is 14.8. The van der Waals surface area contributed by atoms with Crippen molar-refractivity contribution < 1.29 is 13.2 Å². The van der Waals surface area contributed by atoms with Gasteiger partial charge in [-0.1, -0.05) is 18.2 Å². The Labute approximate surface area is 244 Å². The van der Waals surface area contributed by atoms with Crippen LogP contribution in [0.2, 0.25) is 0 Å². The lowest BCUT2D eigenvalue weighted by Gasteiger charge is -2.44. The number of fused-ring (bicyclic) bond motifs is 1. The van der Waals surface area contributed by atoms with Gasteiger partial charge in [-0.25, -0.2) is 18.4 Å². The SMILES string of the molecule is CC(C)N(C)[C@@H]1CC[C@H](N2CC[C@H](Nc3ncnc4ccc(I)cc34)C2=O)[C@@H](CS(=O)(=O)c2ccccc2)C1. The Bertz CT molecular complexity index is 1440. The van der Waals surface area contributed by atoms with E-state index in [1.807, 2.05) is 29.2 Å². The molecule has 3 aromatic rings. The predicted octanol–water partition coefficient (Wildman–Crippen LogP) is 4.60. The van der Waals surface area contributed by atoms with Gasteiger partial charge in [0, 0.05) is 33.6 Å². The van der Waals surface area contributed by atoms with Crippen LogP contribution in [0.25, 0.3) is 10.9 Å². The summed E-state index contributed by atoms with van der Waals surface area (Å²) in [6.07, 6.45) is 4.66. The third-order valence-electron chi connectivity index (χ3n) is 8.39. The van der Waals surface area contributed by atoms with Gasteiger partial charge in [-0.3, -0.25) is 4.79 Å². The second-order valence-corrected chi connectivity index (χ2v) is 14.3. The molecule has 1 aliphatic carbocycles. The number of nitrogens with one attached hydrogen (secondary N) is 1. The highest BCUT2D eigenvalue weighted by atomic mass is 127. The molecule has 2 heterocycles. The molecule has 2 aromatic carbocycles. The predicted molar refractivity (Wildman–Crippen MR) is 162 cm³/mol. The molecule has 1 N–H and O–H groups in total. The zero-order chi connectivity index (χ0) is 27.7. The van der Waals surface area contributed by atoms with E-state index in [4.69, 9.17) is 0 Å². The van der Waals surface area contributed by atoms with Crippen molar-refractivity contribution in [3.63, 3.8) is 0 Å². The molecule has 8 nitrogen and oxygen atoms in total. The highest BCUT2D eigenvalue weighted by molar-refractivity contribution is 14.1. The lowest BCUT2D eigenvalue weighted by Crippen LogP contribution is -2.52. The molecule has 1 amide bonds. The maximum atomic E-state index is 13.8. The van der Waals surface area contributed by atoms with E-state index in [-0.39, 0.29) is 23.6 Å². The molecular weight excluding hydrogens is 625 g/mol. The highest BCUT2D eigenvalue weighted by Crippen LogP contribution is 2.36. The number of halogens is 1. The lowest BCUT2D eigenvalue weighted by atomic mass is 9.81. The van der Waals surface area contributed by atoms with Gasteiger partial charge in [0.2, 0.25) is 5.91 Å². The molecule has 39 heavy (non-hydrogen) atoms. The number of hydrogen-bond donors (Lipinski definition) is 1. The van der Waals surface area contributed by atoms with E-state index in [0.29, 0.717) is 35.8 Å². The summed E-state index contributed by atoms with van der Waals surface area (Å²) in [4.78, 5) is 27.2. The fourth-order valence-electron chi connectivity index (χ4n) is 6.08. The zero-order valence-electron chi connectivity index (χ0n) is 22.6. The van der Waals surface area contributed by atoms with Crippen molar-refractivity contribution >= 4 is 55.1 Å². The third-order valence-corrected chi connectivity index (χ3v) is 10.9. The molecule has 10 heteroatoms. The fourth-order valence-corrected chi connectivity index (χ4v) is 8.26. The number of rotatable bonds is 8. The summed E-state index contributed by atoms with van der Waals surface area (Å²) in [5.74, 6) is 0.583. The van der Waals surface area contributed by atoms with Crippen molar-refractivity contribution in [2.45, 2.75) is 68.6 Å². The minimum absolute atomic E-state index is 0.0233. The largest absolute Gasteiger partial charge is 0.358 e. The molecule has 1 saturated heterocycles. The first-order valence-corrected chi connectivity index (χ1v) is 16.3. The molecule has 0 unspecified atom stereocenters. The molecular formula is C29H36IN5O3S. The van der Waals surface area contributed by atoms with Gasteiger partial charge >= 0.3 is 0 Å². The van der Waals surface area contributed by atoms with Gasteiger partial charge in [0.1, 0.15) is 18.2 Å². The van der Waals surface area contributed by atoms with E-state index in [2.05, 4.69) is 63.7 Å². The second-order valence-electron chi connectivity index (χ2n) is 11.0. The maximum absolute atomic E-state index is 13.8. The standard InChI is InChI=1S/C29H36IN5O3S/c1-19(2)34(3)22-10-12-27(20(15-22)17-39(37,38)23-7-5-4-6-8-23)35-14-13-26(29(35)36)33-28-24-16-21(30)9-11-25(24)31-18-32-28/h4-9,11,16,18-20,22,26-27H,10,12-15,17H2,1-3H3,(H,31,32,33)/t20-,22-,26+,27+/m1/s1. The molecule has 2 aliphatic rings. The van der Waals surface area contributed by atoms with Crippen molar-refractivity contribution in [3.05, 3.63) is 58.4 Å². The summed E-state index contributed by atoms with van der Waals surface area (Å²) in [5, 5.41) is 4.28. The van der Waals surface area contributed by atoms with Crippen LogP contribution in [-0.4, -0.2) is 77.6 Å². The molecule has 0 radical (unpaired) electrons. The van der Waals surface area contributed by atoms with Gasteiger partial charge in [-0.05, 0) is 105 Å². The molecule has 208 valence electrons. The normalized spacial score (nSPS) is 24.2. The Morgan fingerprint density at radius 3 is 2.62 bits per heavy atom. The maximum Gasteiger partial charge on any atom is 0.245 e. The molecule has 0 spiro atoms. The van der Waals surface area contributed by atoms with Gasteiger partial charge in [-0.2, -0.15) is 0 Å². The minimum atomic E-state index is -3.49. The summed E-state index contributed by atoms with van der Waals surface area (Å²) < 4.78 is 28.0. The fraction of sp³-hybridized carbons (Fsp3) is 0.483. The average molecular weight is 662 g/mol. The Morgan fingerprint density at radius 2 is 1.87 bits per heavy atom. The number of carbonyl (C=O) groups is 1. The monoisotopic (exact) mass is 661 g/mol. The van der Waals surface area contributed by atoms with Gasteiger partial charge in [-0.15, -0.1) is 0 Å². The Hall–Kier alpha value is -2.31. The summed E-state index contributed by atoms with van der Waals surface area (Å²) in [7, 11) is -1.37. The number of sulfone groups is 1. The van der Waals surface area contributed by atoms with E-state index in [1.165, 1.54) is 6.33 Å².